The van der Waals surface area contributed by atoms with Gasteiger partial charge in [-0.25, -0.2) is 0 Å². The maximum Gasteiger partial charge on any atom is 0.308 e. The van der Waals surface area contributed by atoms with E-state index >= 15 is 0 Å². The number of rotatable bonds is 8. The molecule has 1 aromatic rings. The highest BCUT2D eigenvalue weighted by Crippen LogP contribution is 2.25. The molecule has 142 valence electrons. The average molecular weight is 362 g/mol. The molecule has 1 aliphatic rings. The van der Waals surface area contributed by atoms with Crippen LogP contribution >= 0.6 is 0 Å². The minimum atomic E-state index is -0.854. The van der Waals surface area contributed by atoms with Crippen molar-refractivity contribution in [3.8, 4) is 5.75 Å². The zero-order chi connectivity index (χ0) is 19.1. The Balaban J connectivity index is 1.78. The van der Waals surface area contributed by atoms with Crippen LogP contribution in [-0.4, -0.2) is 53.5 Å². The maximum atomic E-state index is 12.3. The summed E-state index contributed by atoms with van der Waals surface area (Å²) in [5, 5.41) is 11.9. The van der Waals surface area contributed by atoms with Gasteiger partial charge in [-0.3, -0.25) is 14.4 Å². The molecule has 7 heteroatoms. The third-order valence-corrected chi connectivity index (χ3v) is 4.68. The van der Waals surface area contributed by atoms with Gasteiger partial charge in [0.15, 0.2) is 0 Å². The highest BCUT2D eigenvalue weighted by atomic mass is 16.5. The van der Waals surface area contributed by atoms with Gasteiger partial charge in [0, 0.05) is 25.6 Å². The predicted molar refractivity (Wildman–Crippen MR) is 96.1 cm³/mol. The average Bonchev–Trinajstić information content (AvgIpc) is 3.01. The highest BCUT2D eigenvalue weighted by Gasteiger charge is 2.37. The van der Waals surface area contributed by atoms with E-state index in [9.17, 15) is 14.4 Å². The Kier molecular flexibility index (Phi) is 7.00. The SMILES string of the molecule is CCOc1ccccc1C(=O)NCCCC(=O)N1CCC(C(=O)O)C1C. The van der Waals surface area contributed by atoms with Crippen LogP contribution in [0.1, 0.15) is 43.5 Å². The molecular formula is C19H26N2O5. The molecule has 2 unspecified atom stereocenters. The Morgan fingerprint density at radius 3 is 2.69 bits per heavy atom. The van der Waals surface area contributed by atoms with Gasteiger partial charge in [-0.2, -0.15) is 0 Å². The van der Waals surface area contributed by atoms with Crippen molar-refractivity contribution in [1.29, 1.82) is 0 Å². The molecule has 2 atom stereocenters. The molecule has 0 aromatic heterocycles. The lowest BCUT2D eigenvalue weighted by Crippen LogP contribution is -2.38. The van der Waals surface area contributed by atoms with Crippen molar-refractivity contribution in [1.82, 2.24) is 10.2 Å². The molecule has 1 saturated heterocycles. The summed E-state index contributed by atoms with van der Waals surface area (Å²) in [6, 6.07) is 6.74. The van der Waals surface area contributed by atoms with E-state index in [1.165, 1.54) is 0 Å². The van der Waals surface area contributed by atoms with Crippen LogP contribution in [0.15, 0.2) is 24.3 Å². The quantitative estimate of drug-likeness (QED) is 0.689. The Morgan fingerprint density at radius 1 is 1.31 bits per heavy atom. The topological polar surface area (TPSA) is 95.9 Å². The normalized spacial score (nSPS) is 19.2. The number of hydrogen-bond donors (Lipinski definition) is 2. The van der Waals surface area contributed by atoms with E-state index in [4.69, 9.17) is 9.84 Å². The third kappa shape index (κ3) is 4.74. The first kappa shape index (κ1) is 19.8. The highest BCUT2D eigenvalue weighted by molar-refractivity contribution is 5.96. The van der Waals surface area contributed by atoms with Gasteiger partial charge >= 0.3 is 5.97 Å². The maximum absolute atomic E-state index is 12.3. The Labute approximate surface area is 153 Å². The minimum Gasteiger partial charge on any atom is -0.493 e. The fraction of sp³-hybridized carbons (Fsp3) is 0.526. The number of nitrogens with one attached hydrogen (secondary N) is 1. The number of carboxylic acids is 1. The van der Waals surface area contributed by atoms with Gasteiger partial charge in [0.1, 0.15) is 5.75 Å². The molecule has 0 spiro atoms. The number of carbonyl (C=O) groups excluding carboxylic acids is 2. The molecule has 2 N–H and O–H groups in total. The first-order chi connectivity index (χ1) is 12.5. The summed E-state index contributed by atoms with van der Waals surface area (Å²) in [4.78, 5) is 37.3. The molecule has 0 saturated carbocycles. The molecular weight excluding hydrogens is 336 g/mol. The number of hydrogen-bond acceptors (Lipinski definition) is 4. The largest absolute Gasteiger partial charge is 0.493 e. The van der Waals surface area contributed by atoms with Crippen LogP contribution in [0.2, 0.25) is 0 Å². The van der Waals surface area contributed by atoms with Crippen molar-refractivity contribution >= 4 is 17.8 Å². The number of carboxylic acid groups (broad SMARTS) is 1. The van der Waals surface area contributed by atoms with E-state index in [1.54, 1.807) is 30.0 Å². The Morgan fingerprint density at radius 2 is 2.04 bits per heavy atom. The first-order valence-electron chi connectivity index (χ1n) is 8.98. The van der Waals surface area contributed by atoms with E-state index in [0.29, 0.717) is 43.9 Å². The van der Waals surface area contributed by atoms with E-state index in [0.717, 1.165) is 0 Å². The lowest BCUT2D eigenvalue weighted by Gasteiger charge is -2.23. The number of likely N-dealkylation sites (tertiary alicyclic amines) is 1. The smallest absolute Gasteiger partial charge is 0.308 e. The standard InChI is InChI=1S/C19H26N2O5/c1-3-26-16-8-5-4-7-15(16)18(23)20-11-6-9-17(22)21-12-10-14(13(21)2)19(24)25/h4-5,7-8,13-14H,3,6,9-12H2,1-2H3,(H,20,23)(H,24,25). The van der Waals surface area contributed by atoms with E-state index in [2.05, 4.69) is 5.32 Å². The van der Waals surface area contributed by atoms with Crippen molar-refractivity contribution in [3.05, 3.63) is 29.8 Å². The molecule has 7 nitrogen and oxygen atoms in total. The molecule has 1 aromatic carbocycles. The lowest BCUT2D eigenvalue weighted by atomic mass is 10.0. The fourth-order valence-corrected chi connectivity index (χ4v) is 3.24. The van der Waals surface area contributed by atoms with Crippen molar-refractivity contribution in [2.45, 2.75) is 39.2 Å². The minimum absolute atomic E-state index is 0.0646. The van der Waals surface area contributed by atoms with Crippen LogP contribution in [-0.2, 0) is 9.59 Å². The van der Waals surface area contributed by atoms with Crippen LogP contribution in [0.3, 0.4) is 0 Å². The predicted octanol–water partition coefficient (Wildman–Crippen LogP) is 1.92. The van der Waals surface area contributed by atoms with Crippen LogP contribution < -0.4 is 10.1 Å². The molecule has 1 heterocycles. The Hall–Kier alpha value is -2.57. The number of aliphatic carboxylic acids is 1. The number of benzene rings is 1. The lowest BCUT2D eigenvalue weighted by molar-refractivity contribution is -0.143. The summed E-state index contributed by atoms with van der Waals surface area (Å²) in [6.45, 7) is 4.95. The summed E-state index contributed by atoms with van der Waals surface area (Å²) in [5.74, 6) is -1.11. The second-order valence-electron chi connectivity index (χ2n) is 6.35. The van der Waals surface area contributed by atoms with Crippen LogP contribution in [0.25, 0.3) is 0 Å². The van der Waals surface area contributed by atoms with Crippen molar-refractivity contribution in [2.75, 3.05) is 19.7 Å². The number of nitrogens with zero attached hydrogens (tertiary/aromatic N) is 1. The van der Waals surface area contributed by atoms with Gasteiger partial charge < -0.3 is 20.1 Å². The zero-order valence-electron chi connectivity index (χ0n) is 15.2. The molecule has 0 radical (unpaired) electrons. The molecule has 2 rings (SSSR count). The Bertz CT molecular complexity index is 661. The van der Waals surface area contributed by atoms with Gasteiger partial charge in [-0.15, -0.1) is 0 Å². The monoisotopic (exact) mass is 362 g/mol. The number of amides is 2. The number of ether oxygens (including phenoxy) is 1. The van der Waals surface area contributed by atoms with E-state index in [1.807, 2.05) is 13.0 Å². The van der Waals surface area contributed by atoms with Gasteiger partial charge in [0.05, 0.1) is 18.1 Å². The summed E-state index contributed by atoms with van der Waals surface area (Å²) in [7, 11) is 0. The first-order valence-corrected chi connectivity index (χ1v) is 8.98. The van der Waals surface area contributed by atoms with Gasteiger partial charge in [-0.05, 0) is 38.8 Å². The molecule has 26 heavy (non-hydrogen) atoms. The fourth-order valence-electron chi connectivity index (χ4n) is 3.24. The number of carbonyl (C=O) groups is 3. The van der Waals surface area contributed by atoms with Gasteiger partial charge in [0.25, 0.3) is 5.91 Å². The van der Waals surface area contributed by atoms with Crippen LogP contribution in [0, 0.1) is 5.92 Å². The van der Waals surface area contributed by atoms with Gasteiger partial charge in [0.2, 0.25) is 5.91 Å². The molecule has 0 bridgehead atoms. The second-order valence-corrected chi connectivity index (χ2v) is 6.35. The second kappa shape index (κ2) is 9.22. The van der Waals surface area contributed by atoms with Crippen molar-refractivity contribution in [2.24, 2.45) is 5.92 Å². The van der Waals surface area contributed by atoms with E-state index in [-0.39, 0.29) is 24.3 Å². The summed E-state index contributed by atoms with van der Waals surface area (Å²) in [6.07, 6.45) is 1.28. The van der Waals surface area contributed by atoms with Crippen LogP contribution in [0.4, 0.5) is 0 Å². The van der Waals surface area contributed by atoms with Crippen molar-refractivity contribution < 1.29 is 24.2 Å². The summed E-state index contributed by atoms with van der Waals surface area (Å²) >= 11 is 0. The third-order valence-electron chi connectivity index (χ3n) is 4.68. The van der Waals surface area contributed by atoms with Crippen LogP contribution in [0.5, 0.6) is 5.75 Å². The molecule has 0 aliphatic carbocycles. The summed E-state index contributed by atoms with van der Waals surface area (Å²) < 4.78 is 5.44. The molecule has 2 amide bonds. The summed E-state index contributed by atoms with van der Waals surface area (Å²) in [5.41, 5.74) is 0.471. The molecule has 1 fully saturated rings. The molecule has 1 aliphatic heterocycles. The number of para-hydroxylation sites is 1. The van der Waals surface area contributed by atoms with E-state index < -0.39 is 11.9 Å². The van der Waals surface area contributed by atoms with Gasteiger partial charge in [-0.1, -0.05) is 12.1 Å². The zero-order valence-corrected chi connectivity index (χ0v) is 15.2. The van der Waals surface area contributed by atoms with Crippen molar-refractivity contribution in [3.63, 3.8) is 0 Å².